The van der Waals surface area contributed by atoms with Crippen LogP contribution < -0.4 is 10.5 Å². The first-order chi connectivity index (χ1) is 9.29. The number of nitrogens with two attached hydrogens (primary N) is 1. The number of benzene rings is 2. The largest absolute Gasteiger partial charge is 0.489 e. The van der Waals surface area contributed by atoms with Crippen LogP contribution in [0.4, 0.5) is 0 Å². The summed E-state index contributed by atoms with van der Waals surface area (Å²) in [6, 6.07) is 19.4. The Morgan fingerprint density at radius 2 is 1.89 bits per heavy atom. The van der Waals surface area contributed by atoms with Gasteiger partial charge in [-0.1, -0.05) is 42.5 Å². The Morgan fingerprint density at radius 1 is 1.11 bits per heavy atom. The highest BCUT2D eigenvalue weighted by atomic mass is 16.5. The van der Waals surface area contributed by atoms with Crippen molar-refractivity contribution in [3.05, 3.63) is 65.7 Å². The molecule has 0 saturated heterocycles. The molecule has 0 aliphatic carbocycles. The molecule has 0 amide bonds. The predicted octanol–water partition coefficient (Wildman–Crippen LogP) is 3.18. The highest BCUT2D eigenvalue weighted by molar-refractivity contribution is 5.31. The first kappa shape index (κ1) is 13.1. The van der Waals surface area contributed by atoms with Gasteiger partial charge in [-0.25, -0.2) is 0 Å². The van der Waals surface area contributed by atoms with Gasteiger partial charge >= 0.3 is 0 Å². The maximum absolute atomic E-state index is 8.66. The molecule has 0 spiro atoms. The molecule has 1 atom stereocenters. The molecular formula is C16H16N2O. The quantitative estimate of drug-likeness (QED) is 0.889. The molecule has 0 aromatic heterocycles. The molecule has 3 nitrogen and oxygen atoms in total. The third-order valence-electron chi connectivity index (χ3n) is 2.85. The number of hydrogen-bond acceptors (Lipinski definition) is 3. The molecule has 19 heavy (non-hydrogen) atoms. The van der Waals surface area contributed by atoms with E-state index in [9.17, 15) is 0 Å². The number of hydrogen-bond donors (Lipinski definition) is 1. The minimum absolute atomic E-state index is 0.259. The van der Waals surface area contributed by atoms with E-state index in [1.165, 1.54) is 0 Å². The average Bonchev–Trinajstić information content (AvgIpc) is 2.47. The van der Waals surface area contributed by atoms with E-state index in [0.29, 0.717) is 13.0 Å². The standard InChI is InChI=1S/C16H16N2O/c17-10-9-16(18)14-7-4-8-15(11-14)19-12-13-5-2-1-3-6-13/h1-8,11,16H,9,12,18H2/t16-/m0/s1. The van der Waals surface area contributed by atoms with Crippen LogP contribution in [-0.2, 0) is 6.61 Å². The van der Waals surface area contributed by atoms with Crippen LogP contribution in [0.3, 0.4) is 0 Å². The van der Waals surface area contributed by atoms with Gasteiger partial charge in [0.2, 0.25) is 0 Å². The van der Waals surface area contributed by atoms with E-state index in [2.05, 4.69) is 6.07 Å². The molecule has 2 aromatic rings. The van der Waals surface area contributed by atoms with Crippen LogP contribution in [0.5, 0.6) is 5.75 Å². The molecular weight excluding hydrogens is 236 g/mol. The third-order valence-corrected chi connectivity index (χ3v) is 2.85. The Hall–Kier alpha value is -2.31. The van der Waals surface area contributed by atoms with E-state index >= 15 is 0 Å². The summed E-state index contributed by atoms with van der Waals surface area (Å²) in [5, 5.41) is 8.66. The van der Waals surface area contributed by atoms with Crippen LogP contribution in [0.15, 0.2) is 54.6 Å². The van der Waals surface area contributed by atoms with Crippen molar-refractivity contribution in [2.45, 2.75) is 19.1 Å². The minimum atomic E-state index is -0.259. The van der Waals surface area contributed by atoms with Crippen LogP contribution in [-0.4, -0.2) is 0 Å². The lowest BCUT2D eigenvalue weighted by Crippen LogP contribution is -2.09. The van der Waals surface area contributed by atoms with Crippen molar-refractivity contribution < 1.29 is 4.74 Å². The lowest BCUT2D eigenvalue weighted by Gasteiger charge is -2.11. The molecule has 2 aromatic carbocycles. The van der Waals surface area contributed by atoms with E-state index in [1.54, 1.807) is 0 Å². The SMILES string of the molecule is N#CC[C@H](N)c1cccc(OCc2ccccc2)c1. The highest BCUT2D eigenvalue weighted by Crippen LogP contribution is 2.20. The Labute approximate surface area is 113 Å². The monoisotopic (exact) mass is 252 g/mol. The maximum atomic E-state index is 8.66. The van der Waals surface area contributed by atoms with Gasteiger partial charge in [0.25, 0.3) is 0 Å². The summed E-state index contributed by atoms with van der Waals surface area (Å²) < 4.78 is 5.72. The Balaban J connectivity index is 2.01. The Bertz CT molecular complexity index is 560. The summed E-state index contributed by atoms with van der Waals surface area (Å²) >= 11 is 0. The first-order valence-electron chi connectivity index (χ1n) is 6.19. The summed E-state index contributed by atoms with van der Waals surface area (Å²) in [6.45, 7) is 0.526. The fourth-order valence-electron chi connectivity index (χ4n) is 1.79. The summed E-state index contributed by atoms with van der Waals surface area (Å²) in [5.41, 5.74) is 7.95. The third kappa shape index (κ3) is 3.84. The molecule has 0 aliphatic heterocycles. The second kappa shape index (κ2) is 6.58. The molecule has 2 N–H and O–H groups in total. The Morgan fingerprint density at radius 3 is 2.63 bits per heavy atom. The Kier molecular flexibility index (Phi) is 4.54. The molecule has 2 rings (SSSR count). The smallest absolute Gasteiger partial charge is 0.120 e. The second-order valence-electron chi connectivity index (χ2n) is 4.32. The van der Waals surface area contributed by atoms with Crippen molar-refractivity contribution in [1.82, 2.24) is 0 Å². The van der Waals surface area contributed by atoms with E-state index in [-0.39, 0.29) is 6.04 Å². The van der Waals surface area contributed by atoms with E-state index in [0.717, 1.165) is 16.9 Å². The second-order valence-corrected chi connectivity index (χ2v) is 4.32. The summed E-state index contributed by atoms with van der Waals surface area (Å²) in [4.78, 5) is 0. The van der Waals surface area contributed by atoms with Crippen molar-refractivity contribution in [1.29, 1.82) is 5.26 Å². The fourth-order valence-corrected chi connectivity index (χ4v) is 1.79. The van der Waals surface area contributed by atoms with Gasteiger partial charge in [0.15, 0.2) is 0 Å². The average molecular weight is 252 g/mol. The van der Waals surface area contributed by atoms with Crippen LogP contribution in [0.2, 0.25) is 0 Å². The van der Waals surface area contributed by atoms with Crippen molar-refractivity contribution in [3.8, 4) is 11.8 Å². The molecule has 0 bridgehead atoms. The van der Waals surface area contributed by atoms with Gasteiger partial charge in [-0.3, -0.25) is 0 Å². The van der Waals surface area contributed by atoms with Crippen molar-refractivity contribution in [2.24, 2.45) is 5.73 Å². The highest BCUT2D eigenvalue weighted by Gasteiger charge is 2.06. The maximum Gasteiger partial charge on any atom is 0.120 e. The van der Waals surface area contributed by atoms with Gasteiger partial charge < -0.3 is 10.5 Å². The molecule has 0 saturated carbocycles. The van der Waals surface area contributed by atoms with Gasteiger partial charge in [0.1, 0.15) is 12.4 Å². The molecule has 0 fully saturated rings. The zero-order chi connectivity index (χ0) is 13.5. The topological polar surface area (TPSA) is 59.0 Å². The zero-order valence-corrected chi connectivity index (χ0v) is 10.6. The van der Waals surface area contributed by atoms with Crippen LogP contribution in [0.25, 0.3) is 0 Å². The van der Waals surface area contributed by atoms with E-state index in [1.807, 2.05) is 54.6 Å². The van der Waals surface area contributed by atoms with Gasteiger partial charge in [-0.2, -0.15) is 5.26 Å². The van der Waals surface area contributed by atoms with Gasteiger partial charge in [0, 0.05) is 6.04 Å². The number of nitriles is 1. The number of nitrogens with zero attached hydrogens (tertiary/aromatic N) is 1. The van der Waals surface area contributed by atoms with Crippen molar-refractivity contribution in [2.75, 3.05) is 0 Å². The fraction of sp³-hybridized carbons (Fsp3) is 0.188. The molecule has 0 aliphatic rings. The van der Waals surface area contributed by atoms with Crippen LogP contribution in [0, 0.1) is 11.3 Å². The van der Waals surface area contributed by atoms with Crippen LogP contribution >= 0.6 is 0 Å². The first-order valence-corrected chi connectivity index (χ1v) is 6.19. The normalized spacial score (nSPS) is 11.6. The lowest BCUT2D eigenvalue weighted by atomic mass is 10.1. The van der Waals surface area contributed by atoms with Gasteiger partial charge in [-0.15, -0.1) is 0 Å². The van der Waals surface area contributed by atoms with E-state index in [4.69, 9.17) is 15.7 Å². The van der Waals surface area contributed by atoms with Crippen molar-refractivity contribution >= 4 is 0 Å². The zero-order valence-electron chi connectivity index (χ0n) is 10.6. The van der Waals surface area contributed by atoms with Crippen molar-refractivity contribution in [3.63, 3.8) is 0 Å². The van der Waals surface area contributed by atoms with Crippen LogP contribution in [0.1, 0.15) is 23.6 Å². The number of rotatable bonds is 5. The molecule has 3 heteroatoms. The molecule has 0 radical (unpaired) electrons. The lowest BCUT2D eigenvalue weighted by molar-refractivity contribution is 0.305. The summed E-state index contributed by atoms with van der Waals surface area (Å²) in [6.07, 6.45) is 0.308. The molecule has 0 heterocycles. The predicted molar refractivity (Wildman–Crippen MR) is 74.4 cm³/mol. The molecule has 96 valence electrons. The number of ether oxygens (including phenoxy) is 1. The summed E-state index contributed by atoms with van der Waals surface area (Å²) in [5.74, 6) is 0.773. The molecule has 0 unspecified atom stereocenters. The van der Waals surface area contributed by atoms with Gasteiger partial charge in [0.05, 0.1) is 12.5 Å². The van der Waals surface area contributed by atoms with E-state index < -0.39 is 0 Å². The summed E-state index contributed by atoms with van der Waals surface area (Å²) in [7, 11) is 0. The van der Waals surface area contributed by atoms with Gasteiger partial charge in [-0.05, 0) is 23.3 Å². The minimum Gasteiger partial charge on any atom is -0.489 e.